The molecule has 0 saturated carbocycles. The van der Waals surface area contributed by atoms with Gasteiger partial charge in [0.25, 0.3) is 5.91 Å². The van der Waals surface area contributed by atoms with Gasteiger partial charge in [-0.1, -0.05) is 12.1 Å². The lowest BCUT2D eigenvalue weighted by Gasteiger charge is -2.27. The third-order valence-corrected chi connectivity index (χ3v) is 9.36. The van der Waals surface area contributed by atoms with Crippen LogP contribution in [0.3, 0.4) is 0 Å². The van der Waals surface area contributed by atoms with Gasteiger partial charge in [-0.05, 0) is 67.4 Å². The molecule has 12 heteroatoms. The van der Waals surface area contributed by atoms with Gasteiger partial charge in [-0.2, -0.15) is 4.31 Å². The highest BCUT2D eigenvalue weighted by Gasteiger charge is 2.28. The van der Waals surface area contributed by atoms with Gasteiger partial charge in [-0.15, -0.1) is 0 Å². The van der Waals surface area contributed by atoms with Crippen molar-refractivity contribution in [2.45, 2.75) is 17.7 Å². The molecule has 0 aliphatic carbocycles. The standard InChI is InChI=1S/C30H31N5O6S/c36-29(20-41-30(37)22-7-9-23(10-8-22)35-21-31-25-5-1-2-6-28(25)35)32-26-19-24(11-12-27(26)33-13-3-4-14-33)42(38,39)34-15-17-40-18-16-34/h1-2,5-12,19,21H,3-4,13-18,20H2,(H,32,36). The number of morpholine rings is 1. The minimum absolute atomic E-state index is 0.0883. The third-order valence-electron chi connectivity index (χ3n) is 7.47. The Labute approximate surface area is 243 Å². The van der Waals surface area contributed by atoms with E-state index >= 15 is 0 Å². The minimum atomic E-state index is -3.76. The van der Waals surface area contributed by atoms with Crippen LogP contribution in [0, 0.1) is 0 Å². The number of anilines is 2. The summed E-state index contributed by atoms with van der Waals surface area (Å²) in [6.45, 7) is 2.30. The van der Waals surface area contributed by atoms with Crippen LogP contribution in [0.2, 0.25) is 0 Å². The Bertz CT molecular complexity index is 1710. The van der Waals surface area contributed by atoms with E-state index in [0.29, 0.717) is 24.5 Å². The maximum absolute atomic E-state index is 13.3. The van der Waals surface area contributed by atoms with Crippen molar-refractivity contribution in [3.8, 4) is 5.69 Å². The van der Waals surface area contributed by atoms with Gasteiger partial charge >= 0.3 is 5.97 Å². The van der Waals surface area contributed by atoms with Gasteiger partial charge in [-0.3, -0.25) is 9.36 Å². The quantitative estimate of drug-likeness (QED) is 0.310. The number of esters is 1. The number of rotatable bonds is 8. The van der Waals surface area contributed by atoms with Gasteiger partial charge in [0.05, 0.1) is 46.1 Å². The number of hydrogen-bond donors (Lipinski definition) is 1. The van der Waals surface area contributed by atoms with E-state index in [-0.39, 0.29) is 18.0 Å². The van der Waals surface area contributed by atoms with Crippen molar-refractivity contribution < 1.29 is 27.5 Å². The predicted octanol–water partition coefficient (Wildman–Crippen LogP) is 3.44. The van der Waals surface area contributed by atoms with Gasteiger partial charge in [0, 0.05) is 31.9 Å². The molecule has 0 spiro atoms. The fourth-order valence-electron chi connectivity index (χ4n) is 5.27. The van der Waals surface area contributed by atoms with Crippen LogP contribution in [0.25, 0.3) is 16.7 Å². The molecule has 0 unspecified atom stereocenters. The summed E-state index contributed by atoms with van der Waals surface area (Å²) in [4.78, 5) is 32.2. The summed E-state index contributed by atoms with van der Waals surface area (Å²) in [6.07, 6.45) is 3.74. The first-order valence-electron chi connectivity index (χ1n) is 13.9. The molecule has 2 fully saturated rings. The van der Waals surface area contributed by atoms with Gasteiger partial charge in [0.1, 0.15) is 6.33 Å². The molecule has 1 aromatic heterocycles. The Morgan fingerprint density at radius 1 is 0.929 bits per heavy atom. The van der Waals surface area contributed by atoms with Crippen LogP contribution in [0.1, 0.15) is 23.2 Å². The van der Waals surface area contributed by atoms with E-state index in [4.69, 9.17) is 9.47 Å². The second kappa shape index (κ2) is 11.9. The van der Waals surface area contributed by atoms with E-state index in [1.165, 1.54) is 10.4 Å². The van der Waals surface area contributed by atoms with Gasteiger partial charge in [-0.25, -0.2) is 18.2 Å². The Morgan fingerprint density at radius 3 is 2.43 bits per heavy atom. The number of aromatic nitrogens is 2. The minimum Gasteiger partial charge on any atom is -0.452 e. The number of imidazole rings is 1. The number of hydrogen-bond acceptors (Lipinski definition) is 8. The van der Waals surface area contributed by atoms with Crippen molar-refractivity contribution in [2.75, 3.05) is 56.2 Å². The number of para-hydroxylation sites is 2. The Morgan fingerprint density at radius 2 is 1.67 bits per heavy atom. The summed E-state index contributed by atoms with van der Waals surface area (Å²) >= 11 is 0. The number of carbonyl (C=O) groups excluding carboxylic acids is 2. The van der Waals surface area contributed by atoms with Crippen LogP contribution in [0.4, 0.5) is 11.4 Å². The van der Waals surface area contributed by atoms with E-state index < -0.39 is 28.5 Å². The Balaban J connectivity index is 1.14. The average Bonchev–Trinajstić information content (AvgIpc) is 3.71. The summed E-state index contributed by atoms with van der Waals surface area (Å²) in [5.41, 5.74) is 4.04. The average molecular weight is 590 g/mol. The number of amides is 1. The summed E-state index contributed by atoms with van der Waals surface area (Å²) < 4.78 is 40.4. The molecule has 4 aromatic rings. The predicted molar refractivity (Wildman–Crippen MR) is 157 cm³/mol. The fourth-order valence-corrected chi connectivity index (χ4v) is 6.70. The molecule has 42 heavy (non-hydrogen) atoms. The molecule has 1 N–H and O–H groups in total. The van der Waals surface area contributed by atoms with E-state index in [9.17, 15) is 18.0 Å². The lowest BCUT2D eigenvalue weighted by Crippen LogP contribution is -2.40. The lowest BCUT2D eigenvalue weighted by atomic mass is 10.2. The molecule has 3 heterocycles. The summed E-state index contributed by atoms with van der Waals surface area (Å²) in [5.74, 6) is -1.21. The molecular formula is C30H31N5O6S. The molecule has 0 radical (unpaired) electrons. The summed E-state index contributed by atoms with van der Waals surface area (Å²) in [5, 5.41) is 2.78. The highest BCUT2D eigenvalue weighted by atomic mass is 32.2. The normalized spacial score (nSPS) is 16.0. The third kappa shape index (κ3) is 5.73. The first kappa shape index (κ1) is 27.9. The molecule has 11 nitrogen and oxygen atoms in total. The van der Waals surface area contributed by atoms with Crippen LogP contribution >= 0.6 is 0 Å². The van der Waals surface area contributed by atoms with Crippen molar-refractivity contribution in [3.05, 3.63) is 78.6 Å². The first-order valence-corrected chi connectivity index (χ1v) is 15.3. The zero-order valence-corrected chi connectivity index (χ0v) is 23.8. The van der Waals surface area contributed by atoms with Crippen molar-refractivity contribution in [3.63, 3.8) is 0 Å². The molecular weight excluding hydrogens is 558 g/mol. The van der Waals surface area contributed by atoms with Crippen LogP contribution in [-0.2, 0) is 24.3 Å². The number of carbonyl (C=O) groups is 2. The molecule has 3 aromatic carbocycles. The Hall–Kier alpha value is -4.26. The maximum Gasteiger partial charge on any atom is 0.338 e. The van der Waals surface area contributed by atoms with E-state index in [1.54, 1.807) is 42.7 Å². The largest absolute Gasteiger partial charge is 0.452 e. The highest BCUT2D eigenvalue weighted by Crippen LogP contribution is 2.32. The smallest absolute Gasteiger partial charge is 0.338 e. The Kier molecular flexibility index (Phi) is 7.92. The fraction of sp³-hybridized carbons (Fsp3) is 0.300. The molecule has 1 amide bonds. The maximum atomic E-state index is 13.3. The molecule has 2 aliphatic heterocycles. The van der Waals surface area contributed by atoms with Crippen molar-refractivity contribution in [2.24, 2.45) is 0 Å². The number of sulfonamides is 1. The van der Waals surface area contributed by atoms with Crippen LogP contribution in [0.15, 0.2) is 78.0 Å². The molecule has 2 aliphatic rings. The van der Waals surface area contributed by atoms with Gasteiger partial charge in [0.2, 0.25) is 10.0 Å². The topological polar surface area (TPSA) is 123 Å². The zero-order chi connectivity index (χ0) is 29.1. The molecule has 0 atom stereocenters. The van der Waals surface area contributed by atoms with Crippen molar-refractivity contribution in [1.82, 2.24) is 13.9 Å². The highest BCUT2D eigenvalue weighted by molar-refractivity contribution is 7.89. The first-order chi connectivity index (χ1) is 20.4. The van der Waals surface area contributed by atoms with Gasteiger partial charge in [0.15, 0.2) is 6.61 Å². The van der Waals surface area contributed by atoms with Crippen molar-refractivity contribution in [1.29, 1.82) is 0 Å². The SMILES string of the molecule is O=C(COC(=O)c1ccc(-n2cnc3ccccc32)cc1)Nc1cc(S(=O)(=O)N2CCOCC2)ccc1N1CCCC1. The number of nitrogens with zero attached hydrogens (tertiary/aromatic N) is 4. The van der Waals surface area contributed by atoms with E-state index in [0.717, 1.165) is 48.3 Å². The second-order valence-electron chi connectivity index (χ2n) is 10.2. The molecule has 6 rings (SSSR count). The number of ether oxygens (including phenoxy) is 2. The van der Waals surface area contributed by atoms with Crippen LogP contribution < -0.4 is 10.2 Å². The van der Waals surface area contributed by atoms with Crippen LogP contribution in [0.5, 0.6) is 0 Å². The summed E-state index contributed by atoms with van der Waals surface area (Å²) in [7, 11) is -3.76. The molecule has 218 valence electrons. The zero-order valence-electron chi connectivity index (χ0n) is 22.9. The molecule has 0 bridgehead atoms. The second-order valence-corrected chi connectivity index (χ2v) is 12.1. The van der Waals surface area contributed by atoms with E-state index in [2.05, 4.69) is 15.2 Å². The lowest BCUT2D eigenvalue weighted by molar-refractivity contribution is -0.119. The molecule has 2 saturated heterocycles. The van der Waals surface area contributed by atoms with Gasteiger partial charge < -0.3 is 19.7 Å². The van der Waals surface area contributed by atoms with Crippen LogP contribution in [-0.4, -0.2) is 80.2 Å². The number of nitrogens with one attached hydrogen (secondary N) is 1. The van der Waals surface area contributed by atoms with Crippen molar-refractivity contribution >= 4 is 44.3 Å². The van der Waals surface area contributed by atoms with E-state index in [1.807, 2.05) is 28.8 Å². The number of fused-ring (bicyclic) bond motifs is 1. The number of benzene rings is 3. The monoisotopic (exact) mass is 589 g/mol. The summed E-state index contributed by atoms with van der Waals surface area (Å²) in [6, 6.07) is 19.4.